The first-order valence-corrected chi connectivity index (χ1v) is 16.0. The lowest BCUT2D eigenvalue weighted by atomic mass is 9.88. The Bertz CT molecular complexity index is 1450. The first kappa shape index (κ1) is 33.5. The number of hydrogen-bond donors (Lipinski definition) is 2. The minimum Gasteiger partial charge on any atom is -0.375 e. The van der Waals surface area contributed by atoms with E-state index >= 15 is 0 Å². The first-order valence-electron chi connectivity index (χ1n) is 16.0. The van der Waals surface area contributed by atoms with Gasteiger partial charge < -0.3 is 24.3 Å². The van der Waals surface area contributed by atoms with E-state index < -0.39 is 29.9 Å². The number of rotatable bonds is 14. The van der Waals surface area contributed by atoms with E-state index in [9.17, 15) is 4.79 Å². The van der Waals surface area contributed by atoms with Crippen molar-refractivity contribution in [2.24, 2.45) is 0 Å². The highest BCUT2D eigenvalue weighted by Gasteiger charge is 2.50. The molecule has 5 rings (SSSR count). The number of carbonyl (C=O) groups is 1. The highest BCUT2D eigenvalue weighted by atomic mass is 16.6. The number of piperidine rings is 1. The van der Waals surface area contributed by atoms with Crippen LogP contribution in [0.25, 0.3) is 0 Å². The molecular weight excluding hydrogens is 576 g/mol. The Morgan fingerprint density at radius 1 is 0.587 bits per heavy atom. The maximum absolute atomic E-state index is 14.0. The van der Waals surface area contributed by atoms with E-state index in [0.717, 1.165) is 22.3 Å². The zero-order valence-electron chi connectivity index (χ0n) is 27.0. The number of benzene rings is 4. The first-order chi connectivity index (χ1) is 22.4. The SMILES string of the molecule is CC(C)(C)NC(=O)[C@H]1N[C@H](COCc2ccccc2)[C@@H](OCc2ccccc2)[C@H](OCc2ccccc2)[C@H]1OCc1ccccc1. The van der Waals surface area contributed by atoms with E-state index in [2.05, 4.69) is 10.6 Å². The van der Waals surface area contributed by atoms with Crippen LogP contribution in [-0.4, -0.2) is 48.4 Å². The Labute approximate surface area is 273 Å². The summed E-state index contributed by atoms with van der Waals surface area (Å²) < 4.78 is 26.4. The Morgan fingerprint density at radius 3 is 1.41 bits per heavy atom. The molecule has 0 saturated carbocycles. The molecule has 0 aromatic heterocycles. The Morgan fingerprint density at radius 2 is 0.978 bits per heavy atom. The number of amides is 1. The van der Waals surface area contributed by atoms with E-state index in [1.807, 2.05) is 142 Å². The molecule has 0 spiro atoms. The van der Waals surface area contributed by atoms with Crippen LogP contribution in [0.4, 0.5) is 0 Å². The van der Waals surface area contributed by atoms with Gasteiger partial charge in [0.25, 0.3) is 0 Å². The van der Waals surface area contributed by atoms with Crippen molar-refractivity contribution in [2.75, 3.05) is 6.61 Å². The van der Waals surface area contributed by atoms with Gasteiger partial charge in [0.1, 0.15) is 24.4 Å². The molecule has 1 amide bonds. The summed E-state index contributed by atoms with van der Waals surface area (Å²) >= 11 is 0. The van der Waals surface area contributed by atoms with Crippen LogP contribution in [-0.2, 0) is 50.2 Å². The van der Waals surface area contributed by atoms with E-state index in [1.165, 1.54) is 0 Å². The van der Waals surface area contributed by atoms with Gasteiger partial charge in [0.05, 0.1) is 39.1 Å². The van der Waals surface area contributed by atoms with Crippen molar-refractivity contribution in [2.45, 2.75) is 83.1 Å². The second-order valence-corrected chi connectivity index (χ2v) is 12.8. The summed E-state index contributed by atoms with van der Waals surface area (Å²) in [6.45, 7) is 7.70. The average molecular weight is 623 g/mol. The van der Waals surface area contributed by atoms with Crippen molar-refractivity contribution in [1.82, 2.24) is 10.6 Å². The second-order valence-electron chi connectivity index (χ2n) is 12.8. The molecule has 1 aliphatic heterocycles. The molecule has 46 heavy (non-hydrogen) atoms. The van der Waals surface area contributed by atoms with Gasteiger partial charge in [-0.2, -0.15) is 0 Å². The summed E-state index contributed by atoms with van der Waals surface area (Å²) in [5, 5.41) is 6.76. The predicted octanol–water partition coefficient (Wildman–Crippen LogP) is 6.21. The predicted molar refractivity (Wildman–Crippen MR) is 180 cm³/mol. The highest BCUT2D eigenvalue weighted by molar-refractivity contribution is 5.83. The molecule has 4 aromatic carbocycles. The van der Waals surface area contributed by atoms with Crippen LogP contribution in [0, 0.1) is 0 Å². The third-order valence-electron chi connectivity index (χ3n) is 7.81. The topological polar surface area (TPSA) is 78.1 Å². The summed E-state index contributed by atoms with van der Waals surface area (Å²) in [6.07, 6.45) is -1.73. The van der Waals surface area contributed by atoms with Gasteiger partial charge >= 0.3 is 0 Å². The monoisotopic (exact) mass is 622 g/mol. The Hall–Kier alpha value is -3.85. The number of carbonyl (C=O) groups excluding carboxylic acids is 1. The third-order valence-corrected chi connectivity index (χ3v) is 7.81. The number of nitrogens with one attached hydrogen (secondary N) is 2. The quantitative estimate of drug-likeness (QED) is 0.174. The number of ether oxygens (including phenoxy) is 4. The average Bonchev–Trinajstić information content (AvgIpc) is 3.07. The molecule has 7 nitrogen and oxygen atoms in total. The molecular formula is C39H46N2O5. The molecule has 1 saturated heterocycles. The molecule has 242 valence electrons. The fraction of sp³-hybridized carbons (Fsp3) is 0.359. The summed E-state index contributed by atoms with van der Waals surface area (Å²) in [7, 11) is 0. The van der Waals surface area contributed by atoms with E-state index in [0.29, 0.717) is 33.0 Å². The summed E-state index contributed by atoms with van der Waals surface area (Å²) in [5.74, 6) is -0.159. The Kier molecular flexibility index (Phi) is 12.1. The molecule has 2 N–H and O–H groups in total. The van der Waals surface area contributed by atoms with Crippen molar-refractivity contribution in [3.05, 3.63) is 144 Å². The molecule has 0 aliphatic carbocycles. The van der Waals surface area contributed by atoms with Gasteiger partial charge in [-0.05, 0) is 43.0 Å². The highest BCUT2D eigenvalue weighted by Crippen LogP contribution is 2.28. The Balaban J connectivity index is 1.47. The summed E-state index contributed by atoms with van der Waals surface area (Å²) in [5.41, 5.74) is 3.71. The van der Waals surface area contributed by atoms with Crippen molar-refractivity contribution in [3.8, 4) is 0 Å². The van der Waals surface area contributed by atoms with E-state index in [-0.39, 0.29) is 11.9 Å². The van der Waals surface area contributed by atoms with E-state index in [1.54, 1.807) is 0 Å². The van der Waals surface area contributed by atoms with Crippen molar-refractivity contribution < 1.29 is 23.7 Å². The summed E-state index contributed by atoms with van der Waals surface area (Å²) in [4.78, 5) is 14.0. The second kappa shape index (κ2) is 16.6. The standard InChI is InChI=1S/C39H46N2O5/c1-39(2,3)41-38(42)34-36(45-26-31-20-12-6-13-21-31)37(46-27-32-22-14-7-15-23-32)35(44-25-30-18-10-5-11-19-30)33(40-34)28-43-24-29-16-8-4-9-17-29/h4-23,33-37,40H,24-28H2,1-3H3,(H,41,42)/t33-,34+,35-,36+,37+/m1/s1. The van der Waals surface area contributed by atoms with Gasteiger partial charge in [0.15, 0.2) is 0 Å². The minimum atomic E-state index is -0.717. The molecule has 0 bridgehead atoms. The molecule has 7 heteroatoms. The van der Waals surface area contributed by atoms with Crippen LogP contribution >= 0.6 is 0 Å². The zero-order chi connectivity index (χ0) is 32.2. The zero-order valence-corrected chi connectivity index (χ0v) is 27.0. The maximum atomic E-state index is 14.0. The molecule has 1 fully saturated rings. The lowest BCUT2D eigenvalue weighted by Crippen LogP contribution is -2.71. The number of hydrogen-bond acceptors (Lipinski definition) is 6. The molecule has 0 unspecified atom stereocenters. The molecule has 4 aromatic rings. The lowest BCUT2D eigenvalue weighted by molar-refractivity contribution is -0.196. The fourth-order valence-electron chi connectivity index (χ4n) is 5.61. The van der Waals surface area contributed by atoms with Gasteiger partial charge in [-0.3, -0.25) is 10.1 Å². The van der Waals surface area contributed by atoms with Crippen LogP contribution < -0.4 is 10.6 Å². The largest absolute Gasteiger partial charge is 0.375 e. The minimum absolute atomic E-state index is 0.159. The normalized spacial score (nSPS) is 21.5. The summed E-state index contributed by atoms with van der Waals surface area (Å²) in [6, 6.07) is 39.1. The van der Waals surface area contributed by atoms with E-state index in [4.69, 9.17) is 18.9 Å². The molecule has 1 aliphatic rings. The molecule has 5 atom stereocenters. The van der Waals surface area contributed by atoms with Crippen molar-refractivity contribution in [1.29, 1.82) is 0 Å². The maximum Gasteiger partial charge on any atom is 0.240 e. The van der Waals surface area contributed by atoms with Gasteiger partial charge in [-0.15, -0.1) is 0 Å². The van der Waals surface area contributed by atoms with Crippen LogP contribution in [0.2, 0.25) is 0 Å². The molecule has 0 radical (unpaired) electrons. The van der Waals surface area contributed by atoms with Crippen molar-refractivity contribution in [3.63, 3.8) is 0 Å². The van der Waals surface area contributed by atoms with Gasteiger partial charge in [0, 0.05) is 5.54 Å². The lowest BCUT2D eigenvalue weighted by Gasteiger charge is -2.47. The van der Waals surface area contributed by atoms with Crippen LogP contribution in [0.5, 0.6) is 0 Å². The van der Waals surface area contributed by atoms with Crippen LogP contribution in [0.15, 0.2) is 121 Å². The smallest absolute Gasteiger partial charge is 0.240 e. The van der Waals surface area contributed by atoms with Crippen LogP contribution in [0.3, 0.4) is 0 Å². The van der Waals surface area contributed by atoms with Gasteiger partial charge in [-0.1, -0.05) is 121 Å². The fourth-order valence-corrected chi connectivity index (χ4v) is 5.61. The van der Waals surface area contributed by atoms with Crippen LogP contribution in [0.1, 0.15) is 43.0 Å². The third kappa shape index (κ3) is 10.1. The van der Waals surface area contributed by atoms with Gasteiger partial charge in [0.2, 0.25) is 5.91 Å². The van der Waals surface area contributed by atoms with Gasteiger partial charge in [-0.25, -0.2) is 0 Å². The molecule has 1 heterocycles. The van der Waals surface area contributed by atoms with Crippen molar-refractivity contribution >= 4 is 5.91 Å².